The van der Waals surface area contributed by atoms with Gasteiger partial charge in [0.1, 0.15) is 5.58 Å². The van der Waals surface area contributed by atoms with Gasteiger partial charge < -0.3 is 9.73 Å². The molecule has 3 heteroatoms. The molecule has 15 heavy (non-hydrogen) atoms. The van der Waals surface area contributed by atoms with Gasteiger partial charge in [-0.1, -0.05) is 18.2 Å². The van der Waals surface area contributed by atoms with Gasteiger partial charge >= 0.3 is 0 Å². The van der Waals surface area contributed by atoms with E-state index in [1.807, 2.05) is 24.3 Å². The van der Waals surface area contributed by atoms with Crippen LogP contribution in [0.15, 0.2) is 34.9 Å². The molecule has 1 amide bonds. The third-order valence-corrected chi connectivity index (χ3v) is 2.33. The first-order valence-corrected chi connectivity index (χ1v) is 4.97. The van der Waals surface area contributed by atoms with Crippen LogP contribution in [-0.4, -0.2) is 12.5 Å². The highest BCUT2D eigenvalue weighted by Crippen LogP contribution is 2.20. The zero-order valence-electron chi connectivity index (χ0n) is 8.62. The van der Waals surface area contributed by atoms with Crippen LogP contribution >= 0.6 is 0 Å². The smallest absolute Gasteiger partial charge is 0.216 e. The monoisotopic (exact) mass is 203 g/mol. The van der Waals surface area contributed by atoms with Gasteiger partial charge in [0.25, 0.3) is 0 Å². The zero-order chi connectivity index (χ0) is 10.7. The van der Waals surface area contributed by atoms with E-state index in [-0.39, 0.29) is 5.91 Å². The number of amides is 1. The molecule has 0 bridgehead atoms. The second-order valence-electron chi connectivity index (χ2n) is 3.49. The van der Waals surface area contributed by atoms with Crippen LogP contribution in [0.3, 0.4) is 0 Å². The number of rotatable bonds is 3. The Labute approximate surface area is 88.1 Å². The van der Waals surface area contributed by atoms with Crippen LogP contribution in [-0.2, 0) is 11.2 Å². The van der Waals surface area contributed by atoms with Gasteiger partial charge in [-0.15, -0.1) is 0 Å². The second-order valence-corrected chi connectivity index (χ2v) is 3.49. The molecule has 1 aromatic carbocycles. The molecule has 0 spiro atoms. The van der Waals surface area contributed by atoms with Gasteiger partial charge in [-0.25, -0.2) is 0 Å². The summed E-state index contributed by atoms with van der Waals surface area (Å²) >= 11 is 0. The first-order chi connectivity index (χ1) is 7.27. The number of carbonyl (C=O) groups is 1. The van der Waals surface area contributed by atoms with E-state index in [9.17, 15) is 4.79 Å². The first kappa shape index (κ1) is 9.77. The lowest BCUT2D eigenvalue weighted by Gasteiger charge is -1.99. The van der Waals surface area contributed by atoms with E-state index in [4.69, 9.17) is 4.42 Å². The predicted octanol–water partition coefficient (Wildman–Crippen LogP) is 2.11. The number of nitrogens with one attached hydrogen (secondary N) is 1. The highest BCUT2D eigenvalue weighted by molar-refractivity contribution is 5.81. The van der Waals surface area contributed by atoms with Crippen LogP contribution in [0.1, 0.15) is 12.5 Å². The normalized spacial score (nSPS) is 10.5. The molecule has 0 fully saturated rings. The van der Waals surface area contributed by atoms with Crippen molar-refractivity contribution in [2.24, 2.45) is 0 Å². The Morgan fingerprint density at radius 3 is 3.00 bits per heavy atom. The fraction of sp³-hybridized carbons (Fsp3) is 0.250. The second kappa shape index (κ2) is 4.17. The Morgan fingerprint density at radius 2 is 2.20 bits per heavy atom. The number of fused-ring (bicyclic) bond motifs is 1. The van der Waals surface area contributed by atoms with Gasteiger partial charge in [0, 0.05) is 18.9 Å². The van der Waals surface area contributed by atoms with Crippen molar-refractivity contribution in [1.29, 1.82) is 0 Å². The van der Waals surface area contributed by atoms with Crippen LogP contribution in [0.25, 0.3) is 11.0 Å². The Balaban J connectivity index is 2.11. The summed E-state index contributed by atoms with van der Waals surface area (Å²) in [6.45, 7) is 2.17. The van der Waals surface area contributed by atoms with Crippen molar-refractivity contribution >= 4 is 16.9 Å². The van der Waals surface area contributed by atoms with Crippen molar-refractivity contribution in [2.45, 2.75) is 13.3 Å². The summed E-state index contributed by atoms with van der Waals surface area (Å²) in [5.74, 6) is 0.00259. The van der Waals surface area contributed by atoms with Crippen molar-refractivity contribution in [3.05, 3.63) is 36.1 Å². The SMILES string of the molecule is CC(=O)NCCc1coc2ccccc12. The van der Waals surface area contributed by atoms with Crippen molar-refractivity contribution in [3.8, 4) is 0 Å². The fourth-order valence-electron chi connectivity index (χ4n) is 1.60. The number of para-hydroxylation sites is 1. The Kier molecular flexibility index (Phi) is 2.72. The Morgan fingerprint density at radius 1 is 1.40 bits per heavy atom. The maximum Gasteiger partial charge on any atom is 0.216 e. The molecule has 0 saturated carbocycles. The highest BCUT2D eigenvalue weighted by Gasteiger charge is 2.04. The van der Waals surface area contributed by atoms with Crippen molar-refractivity contribution in [2.75, 3.05) is 6.54 Å². The number of benzene rings is 1. The summed E-state index contributed by atoms with van der Waals surface area (Å²) in [5.41, 5.74) is 2.04. The number of hydrogen-bond donors (Lipinski definition) is 1. The third kappa shape index (κ3) is 2.18. The lowest BCUT2D eigenvalue weighted by molar-refractivity contribution is -0.118. The number of furan rings is 1. The van der Waals surface area contributed by atoms with Gasteiger partial charge in [0.05, 0.1) is 6.26 Å². The summed E-state index contributed by atoms with van der Waals surface area (Å²) in [6.07, 6.45) is 2.56. The van der Waals surface area contributed by atoms with E-state index in [2.05, 4.69) is 5.32 Å². The average Bonchev–Trinajstić information content (AvgIpc) is 2.62. The summed E-state index contributed by atoms with van der Waals surface area (Å²) in [4.78, 5) is 10.7. The minimum Gasteiger partial charge on any atom is -0.464 e. The molecule has 3 nitrogen and oxygen atoms in total. The molecule has 0 aliphatic heterocycles. The van der Waals surface area contributed by atoms with E-state index in [0.29, 0.717) is 6.54 Å². The van der Waals surface area contributed by atoms with Crippen LogP contribution in [0.4, 0.5) is 0 Å². The molecule has 0 atom stereocenters. The average molecular weight is 203 g/mol. The Bertz CT molecular complexity index is 473. The van der Waals surface area contributed by atoms with Crippen LogP contribution < -0.4 is 5.32 Å². The minimum absolute atomic E-state index is 0.00259. The molecule has 1 N–H and O–H groups in total. The first-order valence-electron chi connectivity index (χ1n) is 4.97. The van der Waals surface area contributed by atoms with Gasteiger partial charge in [-0.05, 0) is 18.1 Å². The third-order valence-electron chi connectivity index (χ3n) is 2.33. The molecule has 1 aromatic heterocycles. The number of hydrogen-bond acceptors (Lipinski definition) is 2. The van der Waals surface area contributed by atoms with E-state index in [1.54, 1.807) is 6.26 Å². The van der Waals surface area contributed by atoms with Crippen molar-refractivity contribution < 1.29 is 9.21 Å². The van der Waals surface area contributed by atoms with Crippen molar-refractivity contribution in [3.63, 3.8) is 0 Å². The molecule has 0 unspecified atom stereocenters. The summed E-state index contributed by atoms with van der Waals surface area (Å²) in [7, 11) is 0. The van der Waals surface area contributed by atoms with Gasteiger partial charge in [0.15, 0.2) is 0 Å². The van der Waals surface area contributed by atoms with Gasteiger partial charge in [0.2, 0.25) is 5.91 Å². The predicted molar refractivity (Wildman–Crippen MR) is 58.6 cm³/mol. The molecular formula is C12H13NO2. The molecule has 78 valence electrons. The molecule has 0 radical (unpaired) electrons. The Hall–Kier alpha value is -1.77. The molecule has 0 aliphatic carbocycles. The number of carbonyl (C=O) groups excluding carboxylic acids is 1. The lowest BCUT2D eigenvalue weighted by Crippen LogP contribution is -2.22. The van der Waals surface area contributed by atoms with Crippen LogP contribution in [0.5, 0.6) is 0 Å². The maximum absolute atomic E-state index is 10.7. The summed E-state index contributed by atoms with van der Waals surface area (Å²) in [5, 5.41) is 3.90. The largest absolute Gasteiger partial charge is 0.464 e. The molecular weight excluding hydrogens is 190 g/mol. The van der Waals surface area contributed by atoms with Gasteiger partial charge in [-0.2, -0.15) is 0 Å². The van der Waals surface area contributed by atoms with Gasteiger partial charge in [-0.3, -0.25) is 4.79 Å². The van der Waals surface area contributed by atoms with E-state index < -0.39 is 0 Å². The lowest BCUT2D eigenvalue weighted by atomic mass is 10.1. The molecule has 2 aromatic rings. The van der Waals surface area contributed by atoms with Crippen LogP contribution in [0, 0.1) is 0 Å². The topological polar surface area (TPSA) is 42.2 Å². The summed E-state index contributed by atoms with van der Waals surface area (Å²) in [6, 6.07) is 7.91. The van der Waals surface area contributed by atoms with E-state index >= 15 is 0 Å². The molecule has 0 aliphatic rings. The maximum atomic E-state index is 10.7. The molecule has 0 saturated heterocycles. The standard InChI is InChI=1S/C12H13NO2/c1-9(14)13-7-6-10-8-15-12-5-3-2-4-11(10)12/h2-5,8H,6-7H2,1H3,(H,13,14). The quantitative estimate of drug-likeness (QED) is 0.830. The fourth-order valence-corrected chi connectivity index (χ4v) is 1.60. The minimum atomic E-state index is 0.00259. The van der Waals surface area contributed by atoms with E-state index in [1.165, 1.54) is 6.92 Å². The highest BCUT2D eigenvalue weighted by atomic mass is 16.3. The molecule has 1 heterocycles. The van der Waals surface area contributed by atoms with Crippen LogP contribution in [0.2, 0.25) is 0 Å². The van der Waals surface area contributed by atoms with Crippen molar-refractivity contribution in [1.82, 2.24) is 5.32 Å². The zero-order valence-corrected chi connectivity index (χ0v) is 8.62. The molecule has 2 rings (SSSR count). The van der Waals surface area contributed by atoms with E-state index in [0.717, 1.165) is 23.0 Å². The summed E-state index contributed by atoms with van der Waals surface area (Å²) < 4.78 is 5.39.